The van der Waals surface area contributed by atoms with Gasteiger partial charge >= 0.3 is 0 Å². The Morgan fingerprint density at radius 3 is 2.27 bits per heavy atom. The molecule has 0 amide bonds. The predicted molar refractivity (Wildman–Crippen MR) is 94.9 cm³/mol. The minimum Gasteiger partial charge on any atom is -0.313 e. The zero-order valence-corrected chi connectivity index (χ0v) is 14.6. The van der Waals surface area contributed by atoms with E-state index >= 15 is 0 Å². The van der Waals surface area contributed by atoms with Gasteiger partial charge in [-0.25, -0.2) is 0 Å². The van der Waals surface area contributed by atoms with E-state index in [1.54, 1.807) is 0 Å². The van der Waals surface area contributed by atoms with Crippen molar-refractivity contribution >= 4 is 0 Å². The molecular formula is C21H33N. The van der Waals surface area contributed by atoms with Gasteiger partial charge in [0.15, 0.2) is 0 Å². The van der Waals surface area contributed by atoms with Crippen molar-refractivity contribution in [3.8, 4) is 0 Å². The summed E-state index contributed by atoms with van der Waals surface area (Å²) in [5.74, 6) is 2.69. The summed E-state index contributed by atoms with van der Waals surface area (Å²) in [5.41, 5.74) is 2.02. The van der Waals surface area contributed by atoms with E-state index in [9.17, 15) is 0 Å². The minimum absolute atomic E-state index is 0.498. The number of benzene rings is 1. The van der Waals surface area contributed by atoms with Crippen molar-refractivity contribution in [3.05, 3.63) is 35.9 Å². The maximum Gasteiger partial charge on any atom is 0.0127 e. The van der Waals surface area contributed by atoms with Gasteiger partial charge in [0.05, 0.1) is 0 Å². The second-order valence-electron chi connectivity index (χ2n) is 8.70. The van der Waals surface area contributed by atoms with Crippen LogP contribution in [0.25, 0.3) is 0 Å². The molecule has 3 rings (SSSR count). The third-order valence-electron chi connectivity index (χ3n) is 6.25. The lowest BCUT2D eigenvalue weighted by Crippen LogP contribution is -2.39. The van der Waals surface area contributed by atoms with Crippen LogP contribution >= 0.6 is 0 Å². The third kappa shape index (κ3) is 3.74. The number of nitrogens with one attached hydrogen (secondary N) is 1. The molecule has 1 saturated heterocycles. The van der Waals surface area contributed by atoms with Crippen LogP contribution in [-0.2, 0) is 6.42 Å². The largest absolute Gasteiger partial charge is 0.313 e. The van der Waals surface area contributed by atoms with E-state index in [4.69, 9.17) is 0 Å². The number of rotatable bonds is 3. The highest BCUT2D eigenvalue weighted by Gasteiger charge is 2.37. The van der Waals surface area contributed by atoms with Gasteiger partial charge in [-0.2, -0.15) is 0 Å². The lowest BCUT2D eigenvalue weighted by molar-refractivity contribution is 0.127. The maximum atomic E-state index is 3.85. The van der Waals surface area contributed by atoms with Crippen molar-refractivity contribution < 1.29 is 0 Å². The van der Waals surface area contributed by atoms with Crippen LogP contribution in [0.4, 0.5) is 0 Å². The molecule has 22 heavy (non-hydrogen) atoms. The first-order valence-electron chi connectivity index (χ1n) is 9.31. The molecule has 1 nitrogen and oxygen atoms in total. The molecule has 0 bridgehead atoms. The molecule has 0 radical (unpaired) electrons. The quantitative estimate of drug-likeness (QED) is 0.822. The van der Waals surface area contributed by atoms with Gasteiger partial charge in [0.1, 0.15) is 0 Å². The van der Waals surface area contributed by atoms with Gasteiger partial charge in [0, 0.05) is 6.04 Å². The second kappa shape index (κ2) is 6.74. The zero-order chi connectivity index (χ0) is 15.6. The summed E-state index contributed by atoms with van der Waals surface area (Å²) < 4.78 is 0. The Morgan fingerprint density at radius 2 is 1.64 bits per heavy atom. The lowest BCUT2D eigenvalue weighted by Gasteiger charge is -2.40. The van der Waals surface area contributed by atoms with E-state index in [1.165, 1.54) is 50.6 Å². The summed E-state index contributed by atoms with van der Waals surface area (Å²) in [6.45, 7) is 8.49. The molecule has 1 aromatic carbocycles. The summed E-state index contributed by atoms with van der Waals surface area (Å²) in [4.78, 5) is 0. The molecule has 1 heteroatoms. The second-order valence-corrected chi connectivity index (χ2v) is 8.70. The Kier molecular flexibility index (Phi) is 4.92. The highest BCUT2D eigenvalue weighted by atomic mass is 15.0. The average molecular weight is 300 g/mol. The lowest BCUT2D eigenvalue weighted by atomic mass is 9.67. The van der Waals surface area contributed by atoms with Gasteiger partial charge in [-0.3, -0.25) is 0 Å². The van der Waals surface area contributed by atoms with Crippen molar-refractivity contribution in [1.29, 1.82) is 0 Å². The van der Waals surface area contributed by atoms with E-state index in [2.05, 4.69) is 56.4 Å². The Hall–Kier alpha value is -0.820. The molecule has 2 fully saturated rings. The van der Waals surface area contributed by atoms with Crippen molar-refractivity contribution in [3.63, 3.8) is 0 Å². The van der Waals surface area contributed by atoms with Gasteiger partial charge in [-0.1, -0.05) is 51.1 Å². The Labute approximate surface area is 136 Å². The highest BCUT2D eigenvalue weighted by molar-refractivity contribution is 5.16. The van der Waals surface area contributed by atoms with Crippen LogP contribution in [0, 0.1) is 23.2 Å². The molecule has 1 N–H and O–H groups in total. The van der Waals surface area contributed by atoms with Crippen molar-refractivity contribution in [2.24, 2.45) is 23.2 Å². The van der Waals surface area contributed by atoms with Gasteiger partial charge in [-0.05, 0) is 73.8 Å². The summed E-state index contributed by atoms with van der Waals surface area (Å²) in [6.07, 6.45) is 8.36. The van der Waals surface area contributed by atoms with Crippen molar-refractivity contribution in [2.75, 3.05) is 6.54 Å². The SMILES string of the molecule is CC(C)(C)C1CCC(C2NCCC2Cc2ccccc2)CC1. The van der Waals surface area contributed by atoms with Crippen LogP contribution < -0.4 is 5.32 Å². The molecule has 1 saturated carbocycles. The topological polar surface area (TPSA) is 12.0 Å². The molecule has 1 aliphatic carbocycles. The molecule has 2 unspecified atom stereocenters. The monoisotopic (exact) mass is 299 g/mol. The first kappa shape index (κ1) is 16.1. The van der Waals surface area contributed by atoms with E-state index in [0.717, 1.165) is 23.8 Å². The molecule has 1 aliphatic heterocycles. The Balaban J connectivity index is 1.58. The van der Waals surface area contributed by atoms with Crippen LogP contribution in [0.5, 0.6) is 0 Å². The fourth-order valence-corrected chi connectivity index (χ4v) is 4.82. The smallest absolute Gasteiger partial charge is 0.0127 e. The molecule has 2 atom stereocenters. The van der Waals surface area contributed by atoms with Gasteiger partial charge in [-0.15, -0.1) is 0 Å². The molecule has 1 aromatic rings. The Morgan fingerprint density at radius 1 is 0.955 bits per heavy atom. The van der Waals surface area contributed by atoms with Crippen LogP contribution in [0.3, 0.4) is 0 Å². The summed E-state index contributed by atoms with van der Waals surface area (Å²) in [7, 11) is 0. The van der Waals surface area contributed by atoms with Gasteiger partial charge < -0.3 is 5.32 Å². The highest BCUT2D eigenvalue weighted by Crippen LogP contribution is 2.42. The average Bonchev–Trinajstić information content (AvgIpc) is 2.96. The van der Waals surface area contributed by atoms with Crippen LogP contribution in [0.1, 0.15) is 58.4 Å². The van der Waals surface area contributed by atoms with Gasteiger partial charge in [0.2, 0.25) is 0 Å². The number of hydrogen-bond acceptors (Lipinski definition) is 1. The van der Waals surface area contributed by atoms with E-state index in [-0.39, 0.29) is 0 Å². The summed E-state index contributed by atoms with van der Waals surface area (Å²) in [5, 5.41) is 3.85. The predicted octanol–water partition coefficient (Wildman–Crippen LogP) is 5.06. The van der Waals surface area contributed by atoms with Crippen LogP contribution in [0.15, 0.2) is 30.3 Å². The maximum absolute atomic E-state index is 3.85. The van der Waals surface area contributed by atoms with Crippen LogP contribution in [0.2, 0.25) is 0 Å². The zero-order valence-electron chi connectivity index (χ0n) is 14.6. The molecule has 0 spiro atoms. The molecule has 0 aromatic heterocycles. The van der Waals surface area contributed by atoms with E-state index < -0.39 is 0 Å². The van der Waals surface area contributed by atoms with Gasteiger partial charge in [0.25, 0.3) is 0 Å². The fraction of sp³-hybridized carbons (Fsp3) is 0.714. The number of hydrogen-bond donors (Lipinski definition) is 1. The van der Waals surface area contributed by atoms with Crippen molar-refractivity contribution in [2.45, 2.75) is 65.3 Å². The molecule has 1 heterocycles. The third-order valence-corrected chi connectivity index (χ3v) is 6.25. The summed E-state index contributed by atoms with van der Waals surface area (Å²) in [6, 6.07) is 11.9. The standard InChI is InChI=1S/C21H33N/c1-21(2,3)19-11-9-17(10-12-19)20-18(13-14-22-20)15-16-7-5-4-6-8-16/h4-8,17-20,22H,9-15H2,1-3H3. The Bertz CT molecular complexity index is 451. The van der Waals surface area contributed by atoms with E-state index in [1.807, 2.05) is 0 Å². The minimum atomic E-state index is 0.498. The molecule has 2 aliphatic rings. The fourth-order valence-electron chi connectivity index (χ4n) is 4.82. The first-order chi connectivity index (χ1) is 10.5. The normalized spacial score (nSPS) is 33.0. The van der Waals surface area contributed by atoms with E-state index in [0.29, 0.717) is 5.41 Å². The molecular weight excluding hydrogens is 266 g/mol. The summed E-state index contributed by atoms with van der Waals surface area (Å²) >= 11 is 0. The first-order valence-corrected chi connectivity index (χ1v) is 9.31. The molecule has 122 valence electrons. The van der Waals surface area contributed by atoms with Crippen molar-refractivity contribution in [1.82, 2.24) is 5.32 Å². The van der Waals surface area contributed by atoms with Crippen LogP contribution in [-0.4, -0.2) is 12.6 Å².